The number of allylic oxidation sites excluding steroid dienone is 1. The predicted octanol–water partition coefficient (Wildman–Crippen LogP) is 3.29. The minimum Gasteiger partial charge on any atom is -0.289 e. The molecule has 1 aromatic heterocycles. The molecule has 0 aliphatic rings. The predicted molar refractivity (Wildman–Crippen MR) is 68.8 cm³/mol. The van der Waals surface area contributed by atoms with Crippen molar-refractivity contribution in [2.75, 3.05) is 0 Å². The third kappa shape index (κ3) is 3.11. The maximum atomic E-state index is 11.8. The van der Waals surface area contributed by atoms with Crippen molar-refractivity contribution in [2.45, 2.75) is 6.92 Å². The summed E-state index contributed by atoms with van der Waals surface area (Å²) in [4.78, 5) is 15.9. The van der Waals surface area contributed by atoms with Gasteiger partial charge in [-0.1, -0.05) is 36.4 Å². The molecule has 84 valence electrons. The van der Waals surface area contributed by atoms with E-state index >= 15 is 0 Å². The fourth-order valence-electron chi connectivity index (χ4n) is 1.54. The summed E-state index contributed by atoms with van der Waals surface area (Å²) in [5.41, 5.74) is 2.63. The zero-order valence-electron chi connectivity index (χ0n) is 9.63. The second-order valence-corrected chi connectivity index (χ2v) is 3.79. The molecule has 0 fully saturated rings. The SMILES string of the molecule is Cc1cc(/C=C\C(=O)c2ccccc2)ccn1. The Morgan fingerprint density at radius 2 is 1.94 bits per heavy atom. The molecule has 0 amide bonds. The van der Waals surface area contributed by atoms with Crippen LogP contribution in [0.4, 0.5) is 0 Å². The fourth-order valence-corrected chi connectivity index (χ4v) is 1.54. The van der Waals surface area contributed by atoms with E-state index in [1.165, 1.54) is 0 Å². The largest absolute Gasteiger partial charge is 0.289 e. The summed E-state index contributed by atoms with van der Waals surface area (Å²) in [6.45, 7) is 1.93. The zero-order chi connectivity index (χ0) is 12.1. The Hall–Kier alpha value is -2.22. The van der Waals surface area contributed by atoms with Gasteiger partial charge in [0.1, 0.15) is 0 Å². The summed E-state index contributed by atoms with van der Waals surface area (Å²) in [7, 11) is 0. The molecule has 0 aliphatic carbocycles. The zero-order valence-corrected chi connectivity index (χ0v) is 9.63. The van der Waals surface area contributed by atoms with Crippen molar-refractivity contribution in [1.82, 2.24) is 4.98 Å². The lowest BCUT2D eigenvalue weighted by Crippen LogP contribution is -1.92. The van der Waals surface area contributed by atoms with Gasteiger partial charge >= 0.3 is 0 Å². The van der Waals surface area contributed by atoms with E-state index in [4.69, 9.17) is 0 Å². The second-order valence-electron chi connectivity index (χ2n) is 3.79. The van der Waals surface area contributed by atoms with E-state index in [-0.39, 0.29) is 5.78 Å². The highest BCUT2D eigenvalue weighted by Gasteiger charge is 1.99. The van der Waals surface area contributed by atoms with Crippen LogP contribution in [0.2, 0.25) is 0 Å². The van der Waals surface area contributed by atoms with Crippen molar-refractivity contribution in [3.63, 3.8) is 0 Å². The van der Waals surface area contributed by atoms with E-state index < -0.39 is 0 Å². The Kier molecular flexibility index (Phi) is 3.46. The molecule has 0 N–H and O–H groups in total. The average Bonchev–Trinajstić information content (AvgIpc) is 2.37. The molecule has 0 bridgehead atoms. The maximum Gasteiger partial charge on any atom is 0.185 e. The first-order chi connectivity index (χ1) is 8.25. The van der Waals surface area contributed by atoms with Crippen molar-refractivity contribution in [3.8, 4) is 0 Å². The van der Waals surface area contributed by atoms with Crippen molar-refractivity contribution >= 4 is 11.9 Å². The summed E-state index contributed by atoms with van der Waals surface area (Å²) in [6.07, 6.45) is 5.14. The highest BCUT2D eigenvalue weighted by Crippen LogP contribution is 2.06. The van der Waals surface area contributed by atoms with Gasteiger partial charge in [0.15, 0.2) is 5.78 Å². The number of carbonyl (C=O) groups is 1. The van der Waals surface area contributed by atoms with Crippen LogP contribution in [-0.2, 0) is 0 Å². The number of aromatic nitrogens is 1. The maximum absolute atomic E-state index is 11.8. The number of carbonyl (C=O) groups excluding carboxylic acids is 1. The van der Waals surface area contributed by atoms with E-state index in [0.717, 1.165) is 11.3 Å². The summed E-state index contributed by atoms with van der Waals surface area (Å²) >= 11 is 0. The van der Waals surface area contributed by atoms with Gasteiger partial charge < -0.3 is 0 Å². The Bertz CT molecular complexity index is 544. The third-order valence-electron chi connectivity index (χ3n) is 2.41. The molecule has 1 aromatic carbocycles. The summed E-state index contributed by atoms with van der Waals surface area (Å²) in [5, 5.41) is 0. The quantitative estimate of drug-likeness (QED) is 0.590. The van der Waals surface area contributed by atoms with Crippen molar-refractivity contribution in [2.24, 2.45) is 0 Å². The van der Waals surface area contributed by atoms with Crippen LogP contribution in [0.15, 0.2) is 54.7 Å². The lowest BCUT2D eigenvalue weighted by atomic mass is 10.1. The first-order valence-electron chi connectivity index (χ1n) is 5.46. The molecule has 1 heterocycles. The van der Waals surface area contributed by atoms with Crippen molar-refractivity contribution in [1.29, 1.82) is 0 Å². The van der Waals surface area contributed by atoms with E-state index in [1.54, 1.807) is 12.3 Å². The molecule has 0 atom stereocenters. The molecule has 2 aromatic rings. The van der Waals surface area contributed by atoms with Crippen LogP contribution in [0.3, 0.4) is 0 Å². The third-order valence-corrected chi connectivity index (χ3v) is 2.41. The Morgan fingerprint density at radius 1 is 1.18 bits per heavy atom. The van der Waals surface area contributed by atoms with Gasteiger partial charge in [0.05, 0.1) is 0 Å². The van der Waals surface area contributed by atoms with E-state index in [1.807, 2.05) is 55.5 Å². The number of ketones is 1. The normalized spacial score (nSPS) is 10.6. The molecule has 0 saturated carbocycles. The van der Waals surface area contributed by atoms with Crippen molar-refractivity contribution < 1.29 is 4.79 Å². The van der Waals surface area contributed by atoms with Crippen LogP contribution in [-0.4, -0.2) is 10.8 Å². The Labute approximate surface area is 101 Å². The minimum absolute atomic E-state index is 0.0139. The van der Waals surface area contributed by atoms with E-state index in [2.05, 4.69) is 4.98 Å². The lowest BCUT2D eigenvalue weighted by Gasteiger charge is -1.96. The highest BCUT2D eigenvalue weighted by atomic mass is 16.1. The van der Waals surface area contributed by atoms with Gasteiger partial charge in [-0.15, -0.1) is 0 Å². The van der Waals surface area contributed by atoms with Crippen LogP contribution in [0.5, 0.6) is 0 Å². The van der Waals surface area contributed by atoms with Gasteiger partial charge in [0.2, 0.25) is 0 Å². The Balaban J connectivity index is 2.14. The molecule has 2 nitrogen and oxygen atoms in total. The molecule has 2 heteroatoms. The molecular formula is C15H13NO. The average molecular weight is 223 g/mol. The van der Waals surface area contributed by atoms with Gasteiger partial charge in [-0.05, 0) is 30.7 Å². The summed E-state index contributed by atoms with van der Waals surface area (Å²) in [5.74, 6) is 0.0139. The molecule has 0 saturated heterocycles. The van der Waals surface area contributed by atoms with Crippen LogP contribution in [0, 0.1) is 6.92 Å². The lowest BCUT2D eigenvalue weighted by molar-refractivity contribution is 0.104. The van der Waals surface area contributed by atoms with Crippen LogP contribution in [0.25, 0.3) is 6.08 Å². The fraction of sp³-hybridized carbons (Fsp3) is 0.0667. The summed E-state index contributed by atoms with van der Waals surface area (Å²) < 4.78 is 0. The first-order valence-corrected chi connectivity index (χ1v) is 5.46. The highest BCUT2D eigenvalue weighted by molar-refractivity contribution is 6.06. The number of hydrogen-bond acceptors (Lipinski definition) is 2. The standard InChI is InChI=1S/C15H13NO/c1-12-11-13(9-10-16-12)7-8-15(17)14-5-3-2-4-6-14/h2-11H,1H3/b8-7-. The molecular weight excluding hydrogens is 210 g/mol. The number of rotatable bonds is 3. The number of nitrogens with zero attached hydrogens (tertiary/aromatic N) is 1. The van der Waals surface area contributed by atoms with Gasteiger partial charge in [0, 0.05) is 17.5 Å². The molecule has 0 aliphatic heterocycles. The van der Waals surface area contributed by atoms with Crippen LogP contribution >= 0.6 is 0 Å². The van der Waals surface area contributed by atoms with E-state index in [0.29, 0.717) is 5.56 Å². The van der Waals surface area contributed by atoms with Crippen molar-refractivity contribution in [3.05, 3.63) is 71.6 Å². The smallest absolute Gasteiger partial charge is 0.185 e. The molecule has 0 radical (unpaired) electrons. The number of benzene rings is 1. The molecule has 17 heavy (non-hydrogen) atoms. The minimum atomic E-state index is 0.0139. The monoisotopic (exact) mass is 223 g/mol. The van der Waals surface area contributed by atoms with Crippen LogP contribution < -0.4 is 0 Å². The van der Waals surface area contributed by atoms with Gasteiger partial charge in [0.25, 0.3) is 0 Å². The second kappa shape index (κ2) is 5.21. The number of aryl methyl sites for hydroxylation is 1. The topological polar surface area (TPSA) is 30.0 Å². The van der Waals surface area contributed by atoms with Gasteiger partial charge in [-0.25, -0.2) is 0 Å². The molecule has 0 spiro atoms. The van der Waals surface area contributed by atoms with E-state index in [9.17, 15) is 4.79 Å². The first kappa shape index (κ1) is 11.3. The number of hydrogen-bond donors (Lipinski definition) is 0. The van der Waals surface area contributed by atoms with Gasteiger partial charge in [-0.3, -0.25) is 9.78 Å². The van der Waals surface area contributed by atoms with Gasteiger partial charge in [-0.2, -0.15) is 0 Å². The van der Waals surface area contributed by atoms with Crippen LogP contribution in [0.1, 0.15) is 21.6 Å². The molecule has 2 rings (SSSR count). The molecule has 0 unspecified atom stereocenters. The number of pyridine rings is 1. The summed E-state index contributed by atoms with van der Waals surface area (Å²) in [6, 6.07) is 13.0. The Morgan fingerprint density at radius 3 is 2.65 bits per heavy atom.